The van der Waals surface area contributed by atoms with Crippen molar-refractivity contribution in [3.8, 4) is 0 Å². The highest BCUT2D eigenvalue weighted by atomic mass is 16.4. The molecule has 0 unspecified atom stereocenters. The number of hydrogen-bond acceptors (Lipinski definition) is 19. The number of likely N-dealkylation sites (tertiary alicyclic amines) is 1. The monoisotopic (exact) mass is 1090 g/mol. The van der Waals surface area contributed by atoms with Gasteiger partial charge >= 0.3 is 23.9 Å². The minimum Gasteiger partial charge on any atom is -0.481 e. The summed E-state index contributed by atoms with van der Waals surface area (Å²) in [5, 5.41) is 85.4. The van der Waals surface area contributed by atoms with Crippen molar-refractivity contribution in [2.24, 2.45) is 22.2 Å². The van der Waals surface area contributed by atoms with Crippen LogP contribution in [0, 0.1) is 0 Å². The molecule has 9 atom stereocenters. The third-order valence-electron chi connectivity index (χ3n) is 10.8. The lowest BCUT2D eigenvalue weighted by Crippen LogP contribution is -2.59. The Kier molecular flexibility index (Phi) is 29.0. The van der Waals surface area contributed by atoms with Gasteiger partial charge in [-0.25, -0.2) is 4.79 Å². The number of nitrogens with two attached hydrogens (primary N) is 3. The van der Waals surface area contributed by atoms with E-state index in [2.05, 4.69) is 36.9 Å². The molecule has 0 aliphatic carbocycles. The fraction of sp³-hybridized carbons (Fsp3) is 0.634. The van der Waals surface area contributed by atoms with Gasteiger partial charge in [-0.05, 0) is 45.4 Å². The van der Waals surface area contributed by atoms with E-state index in [-0.39, 0.29) is 51.2 Å². The maximum Gasteiger partial charge on any atom is 0.326 e. The van der Waals surface area contributed by atoms with Crippen LogP contribution in [0.3, 0.4) is 0 Å². The van der Waals surface area contributed by atoms with E-state index in [1.165, 1.54) is 6.92 Å². The van der Waals surface area contributed by atoms with E-state index < -0.39 is 196 Å². The molecule has 1 aliphatic rings. The number of nitrogens with zero attached hydrogens (tertiary/aromatic N) is 2. The number of rotatable bonds is 35. The smallest absolute Gasteiger partial charge is 0.326 e. The number of carboxylic acid groups (broad SMARTS) is 4. The molecule has 0 radical (unpaired) electrons. The zero-order valence-corrected chi connectivity index (χ0v) is 41.0. The maximum atomic E-state index is 13.7. The van der Waals surface area contributed by atoms with Crippen LogP contribution >= 0.6 is 0 Å². The van der Waals surface area contributed by atoms with Gasteiger partial charge in [0.2, 0.25) is 59.1 Å². The predicted molar refractivity (Wildman–Crippen MR) is 253 cm³/mol. The molecule has 1 saturated heterocycles. The standard InChI is InChI=1S/C41H66N14O21/c1-18(48-34(69)20(7-9-30(63)64)51-35(70)23(15-56)49-27(59)13-46-32(67)19(42)6-8-29(61)62)39(74)55-11-3-5-26(55)38(73)53-22(12-31(65)66)33(68)47-14-28(60)50-24(16-57)36(71)54-25(17-58)37(72)52-21(40(75)76)4-2-10-45-41(43)44/h18-26,56-58H,2-17,42H2,1H3,(H,46,67)(H,47,68)(H,48,69)(H,49,59)(H,50,60)(H,51,70)(H,52,72)(H,53,73)(H,54,71)(H,61,62)(H,63,64)(H,65,66)(H,75,76)(H4,43,44,45)/t18-,19-,20-,21-,22-,23-,24-,25-,26-/m0/s1. The molecule has 0 aromatic carbocycles. The molecule has 426 valence electrons. The Morgan fingerprint density at radius 3 is 1.53 bits per heavy atom. The number of aliphatic hydroxyl groups excluding tert-OH is 3. The van der Waals surface area contributed by atoms with Gasteiger partial charge in [0.25, 0.3) is 0 Å². The molecule has 35 heteroatoms. The molecule has 0 saturated carbocycles. The second-order valence-corrected chi connectivity index (χ2v) is 16.7. The van der Waals surface area contributed by atoms with E-state index in [1.54, 1.807) is 0 Å². The van der Waals surface area contributed by atoms with Crippen molar-refractivity contribution in [2.45, 2.75) is 119 Å². The van der Waals surface area contributed by atoms with Crippen molar-refractivity contribution in [3.63, 3.8) is 0 Å². The minimum absolute atomic E-state index is 0.0212. The minimum atomic E-state index is -1.90. The zero-order valence-electron chi connectivity index (χ0n) is 41.0. The van der Waals surface area contributed by atoms with Crippen molar-refractivity contribution in [1.29, 1.82) is 0 Å². The van der Waals surface area contributed by atoms with E-state index in [0.29, 0.717) is 0 Å². The number of aliphatic hydroxyl groups is 3. The number of carbonyl (C=O) groups is 14. The molecule has 0 bridgehead atoms. The van der Waals surface area contributed by atoms with Crippen LogP contribution in [-0.2, 0) is 67.1 Å². The summed E-state index contributed by atoms with van der Waals surface area (Å²) in [6.45, 7) is -3.94. The lowest BCUT2D eigenvalue weighted by molar-refractivity contribution is -0.144. The SMILES string of the molecule is C[C@H](NC(=O)[C@H](CCC(=O)O)NC(=O)[C@H](CO)NC(=O)CNC(=O)[C@@H](N)CCC(=O)O)C(=O)N1CCC[C@H]1C(=O)N[C@@H](CC(=O)O)C(=O)NCC(=O)N[C@@H](CO)C(=O)N[C@@H](CO)C(=O)N[C@@H](CCCN=C(N)N)C(=O)O. The highest BCUT2D eigenvalue weighted by Crippen LogP contribution is 2.19. The first kappa shape index (κ1) is 65.7. The van der Waals surface area contributed by atoms with Gasteiger partial charge in [0, 0.05) is 25.9 Å². The van der Waals surface area contributed by atoms with Gasteiger partial charge in [0.1, 0.15) is 48.3 Å². The summed E-state index contributed by atoms with van der Waals surface area (Å²) in [7, 11) is 0. The van der Waals surface area contributed by atoms with Crippen LogP contribution in [0.15, 0.2) is 4.99 Å². The Balaban J connectivity index is 2.97. The van der Waals surface area contributed by atoms with Crippen molar-refractivity contribution in [2.75, 3.05) is 46.0 Å². The molecule has 35 nitrogen and oxygen atoms in total. The van der Waals surface area contributed by atoms with Crippen LogP contribution in [-0.4, -0.2) is 230 Å². The Labute approximate surface area is 431 Å². The van der Waals surface area contributed by atoms with Crippen LogP contribution in [0.5, 0.6) is 0 Å². The van der Waals surface area contributed by atoms with Gasteiger partial charge in [-0.2, -0.15) is 0 Å². The predicted octanol–water partition coefficient (Wildman–Crippen LogP) is -10.7. The average molecular weight is 1090 g/mol. The fourth-order valence-electron chi connectivity index (χ4n) is 6.77. The summed E-state index contributed by atoms with van der Waals surface area (Å²) in [5.41, 5.74) is 16.0. The first-order chi connectivity index (χ1) is 35.6. The molecule has 1 aliphatic heterocycles. The number of carbonyl (C=O) groups excluding carboxylic acids is 10. The summed E-state index contributed by atoms with van der Waals surface area (Å²) >= 11 is 0. The number of carboxylic acids is 4. The third kappa shape index (κ3) is 24.2. The van der Waals surface area contributed by atoms with Gasteiger partial charge in [-0.15, -0.1) is 0 Å². The highest BCUT2D eigenvalue weighted by molar-refractivity contribution is 5.99. The van der Waals surface area contributed by atoms with E-state index >= 15 is 0 Å². The van der Waals surface area contributed by atoms with Crippen molar-refractivity contribution >= 4 is 88.9 Å². The summed E-state index contributed by atoms with van der Waals surface area (Å²) in [6.07, 6.45) is -2.99. The topological polar surface area (TPSA) is 583 Å². The first-order valence-electron chi connectivity index (χ1n) is 23.1. The van der Waals surface area contributed by atoms with Gasteiger partial charge in [-0.3, -0.25) is 67.3 Å². The summed E-state index contributed by atoms with van der Waals surface area (Å²) in [4.78, 5) is 180. The highest BCUT2D eigenvalue weighted by Gasteiger charge is 2.39. The maximum absolute atomic E-state index is 13.7. The first-order valence-corrected chi connectivity index (χ1v) is 23.1. The molecule has 1 heterocycles. The molecule has 10 amide bonds. The Morgan fingerprint density at radius 1 is 0.566 bits per heavy atom. The second-order valence-electron chi connectivity index (χ2n) is 16.7. The van der Waals surface area contributed by atoms with Crippen molar-refractivity contribution in [1.82, 2.24) is 52.8 Å². The summed E-state index contributed by atoms with van der Waals surface area (Å²) < 4.78 is 0. The van der Waals surface area contributed by atoms with Gasteiger partial charge in [0.05, 0.1) is 45.4 Å². The van der Waals surface area contributed by atoms with Crippen LogP contribution in [0.25, 0.3) is 0 Å². The Morgan fingerprint density at radius 2 is 1.04 bits per heavy atom. The van der Waals surface area contributed by atoms with E-state index in [9.17, 15) is 97.8 Å². The molecule has 76 heavy (non-hydrogen) atoms. The molecule has 1 rings (SSSR count). The van der Waals surface area contributed by atoms with E-state index in [0.717, 1.165) is 4.90 Å². The number of guanidine groups is 1. The van der Waals surface area contributed by atoms with Gasteiger partial charge < -0.3 is 106 Å². The number of aliphatic imine (C=N–C) groups is 1. The molecule has 0 aromatic heterocycles. The van der Waals surface area contributed by atoms with Gasteiger partial charge in [-0.1, -0.05) is 0 Å². The number of aliphatic carboxylic acids is 4. The zero-order chi connectivity index (χ0) is 57.8. The quantitative estimate of drug-likeness (QED) is 0.0159. The number of nitrogens with one attached hydrogen (secondary N) is 9. The second kappa shape index (κ2) is 33.5. The lowest BCUT2D eigenvalue weighted by Gasteiger charge is -2.29. The molecule has 1 fully saturated rings. The van der Waals surface area contributed by atoms with Crippen LogP contribution in [0.1, 0.15) is 64.7 Å². The molecular weight excluding hydrogens is 1020 g/mol. The largest absolute Gasteiger partial charge is 0.481 e. The fourth-order valence-corrected chi connectivity index (χ4v) is 6.77. The molecular formula is C41H66N14O21. The van der Waals surface area contributed by atoms with Gasteiger partial charge in [0.15, 0.2) is 5.96 Å². The summed E-state index contributed by atoms with van der Waals surface area (Å²) in [6, 6.07) is -14.7. The molecule has 0 aromatic rings. The van der Waals surface area contributed by atoms with Crippen molar-refractivity contribution in [3.05, 3.63) is 0 Å². The van der Waals surface area contributed by atoms with Crippen LogP contribution in [0.2, 0.25) is 0 Å². The van der Waals surface area contributed by atoms with Crippen LogP contribution < -0.4 is 65.1 Å². The summed E-state index contributed by atoms with van der Waals surface area (Å²) in [5.74, 6) is -17.1. The van der Waals surface area contributed by atoms with E-state index in [4.69, 9.17) is 22.3 Å². The third-order valence-corrected chi connectivity index (χ3v) is 10.8. The molecule has 0 spiro atoms. The number of amides is 10. The normalized spacial score (nSPS) is 15.9. The lowest BCUT2D eigenvalue weighted by atomic mass is 10.1. The van der Waals surface area contributed by atoms with Crippen LogP contribution in [0.4, 0.5) is 0 Å². The van der Waals surface area contributed by atoms with E-state index in [1.807, 2.05) is 16.0 Å². The molecule has 22 N–H and O–H groups in total. The van der Waals surface area contributed by atoms with Crippen molar-refractivity contribution < 1.29 is 103 Å². The Hall–Kier alpha value is -8.31. The average Bonchev–Trinajstić information content (AvgIpc) is 3.85. The number of hydrogen-bond donors (Lipinski definition) is 19. The Bertz CT molecular complexity index is 2160.